The molecule has 1 amide bonds. The number of likely N-dealkylation sites (tertiary alicyclic amines) is 1. The van der Waals surface area contributed by atoms with Gasteiger partial charge in [0.15, 0.2) is 0 Å². The molecule has 1 aromatic rings. The predicted molar refractivity (Wildman–Crippen MR) is 61.6 cm³/mol. The van der Waals surface area contributed by atoms with Crippen LogP contribution in [0.2, 0.25) is 0 Å². The van der Waals surface area contributed by atoms with Gasteiger partial charge in [0.1, 0.15) is 5.69 Å². The molecule has 5 heteroatoms. The van der Waals surface area contributed by atoms with Crippen molar-refractivity contribution in [2.24, 2.45) is 12.8 Å². The predicted octanol–water partition coefficient (Wildman–Crippen LogP) is 0.961. The Balaban J connectivity index is 2.17. The van der Waals surface area contributed by atoms with Crippen LogP contribution in [0, 0.1) is 0 Å². The number of aryl methyl sites for hydroxylation is 1. The molecule has 1 fully saturated rings. The van der Waals surface area contributed by atoms with Gasteiger partial charge in [0.05, 0.1) is 0 Å². The Morgan fingerprint density at radius 3 is 2.87 bits per heavy atom. The summed E-state index contributed by atoms with van der Waals surface area (Å²) in [6.45, 7) is 1.43. The summed E-state index contributed by atoms with van der Waals surface area (Å²) in [4.78, 5) is 13.9. The Morgan fingerprint density at radius 2 is 2.40 bits per heavy atom. The summed E-state index contributed by atoms with van der Waals surface area (Å²) in [5, 5.41) is 0. The second-order valence-electron chi connectivity index (χ2n) is 3.95. The minimum atomic E-state index is 0.0659. The average molecular weight is 272 g/mol. The lowest BCUT2D eigenvalue weighted by molar-refractivity contribution is 0.0781. The third-order valence-electron chi connectivity index (χ3n) is 2.70. The largest absolute Gasteiger partial charge is 0.345 e. The highest BCUT2D eigenvalue weighted by Crippen LogP contribution is 2.17. The van der Waals surface area contributed by atoms with Crippen LogP contribution in [0.1, 0.15) is 16.9 Å². The van der Waals surface area contributed by atoms with Crippen LogP contribution in [0.25, 0.3) is 0 Å². The normalized spacial score (nSPS) is 21.0. The molecule has 0 bridgehead atoms. The number of nitrogens with two attached hydrogens (primary N) is 1. The fourth-order valence-electron chi connectivity index (χ4n) is 1.87. The number of hydrogen-bond donors (Lipinski definition) is 1. The number of halogens is 1. The molecule has 1 atom stereocenters. The number of rotatable bonds is 1. The Kier molecular flexibility index (Phi) is 2.84. The molecule has 1 saturated heterocycles. The van der Waals surface area contributed by atoms with Crippen molar-refractivity contribution in [2.75, 3.05) is 13.1 Å². The van der Waals surface area contributed by atoms with Crippen molar-refractivity contribution in [2.45, 2.75) is 12.5 Å². The number of carbonyl (C=O) groups excluding carboxylic acids is 1. The molecule has 1 aliphatic heterocycles. The molecule has 2 heterocycles. The van der Waals surface area contributed by atoms with Crippen molar-refractivity contribution in [1.29, 1.82) is 0 Å². The lowest BCUT2D eigenvalue weighted by Crippen LogP contribution is -2.32. The van der Waals surface area contributed by atoms with E-state index in [0.717, 1.165) is 17.4 Å². The van der Waals surface area contributed by atoms with Crippen LogP contribution in [-0.4, -0.2) is 34.5 Å². The van der Waals surface area contributed by atoms with E-state index in [9.17, 15) is 4.79 Å². The maximum Gasteiger partial charge on any atom is 0.270 e. The van der Waals surface area contributed by atoms with Crippen molar-refractivity contribution >= 4 is 21.8 Å². The van der Waals surface area contributed by atoms with E-state index in [1.807, 2.05) is 28.8 Å². The smallest absolute Gasteiger partial charge is 0.270 e. The molecule has 15 heavy (non-hydrogen) atoms. The minimum absolute atomic E-state index is 0.0659. The first-order chi connectivity index (χ1) is 7.08. The first kappa shape index (κ1) is 10.7. The van der Waals surface area contributed by atoms with Crippen molar-refractivity contribution < 1.29 is 4.79 Å². The first-order valence-electron chi connectivity index (χ1n) is 4.94. The maximum atomic E-state index is 12.1. The van der Waals surface area contributed by atoms with E-state index < -0.39 is 0 Å². The van der Waals surface area contributed by atoms with Gasteiger partial charge in [-0.3, -0.25) is 4.79 Å². The second-order valence-corrected chi connectivity index (χ2v) is 4.87. The molecule has 0 radical (unpaired) electrons. The molecule has 0 saturated carbocycles. The summed E-state index contributed by atoms with van der Waals surface area (Å²) >= 11 is 3.36. The lowest BCUT2D eigenvalue weighted by Gasteiger charge is -2.15. The van der Waals surface area contributed by atoms with Gasteiger partial charge in [-0.2, -0.15) is 0 Å². The summed E-state index contributed by atoms with van der Waals surface area (Å²) in [5.74, 6) is 0.0659. The van der Waals surface area contributed by atoms with E-state index in [4.69, 9.17) is 5.73 Å². The topological polar surface area (TPSA) is 51.3 Å². The van der Waals surface area contributed by atoms with E-state index in [0.29, 0.717) is 12.2 Å². The van der Waals surface area contributed by atoms with Crippen molar-refractivity contribution in [1.82, 2.24) is 9.47 Å². The molecule has 1 aromatic heterocycles. The van der Waals surface area contributed by atoms with Gasteiger partial charge in [-0.05, 0) is 28.4 Å². The van der Waals surface area contributed by atoms with Crippen molar-refractivity contribution in [3.8, 4) is 0 Å². The number of carbonyl (C=O) groups is 1. The molecule has 2 rings (SSSR count). The zero-order valence-electron chi connectivity index (χ0n) is 8.61. The van der Waals surface area contributed by atoms with Gasteiger partial charge in [-0.15, -0.1) is 0 Å². The molecule has 2 N–H and O–H groups in total. The maximum absolute atomic E-state index is 12.1. The van der Waals surface area contributed by atoms with Crippen molar-refractivity contribution in [3.05, 3.63) is 22.4 Å². The van der Waals surface area contributed by atoms with Crippen LogP contribution in [0.3, 0.4) is 0 Å². The highest BCUT2D eigenvalue weighted by atomic mass is 79.9. The Morgan fingerprint density at radius 1 is 1.67 bits per heavy atom. The third-order valence-corrected chi connectivity index (χ3v) is 3.14. The van der Waals surface area contributed by atoms with Crippen LogP contribution in [0.15, 0.2) is 16.7 Å². The van der Waals surface area contributed by atoms with Crippen LogP contribution in [0.5, 0.6) is 0 Å². The summed E-state index contributed by atoms with van der Waals surface area (Å²) < 4.78 is 2.76. The van der Waals surface area contributed by atoms with Gasteiger partial charge in [0.25, 0.3) is 5.91 Å². The van der Waals surface area contributed by atoms with Crippen LogP contribution in [-0.2, 0) is 7.05 Å². The Labute approximate surface area is 97.2 Å². The number of amides is 1. The number of nitrogens with zero attached hydrogens (tertiary/aromatic N) is 2. The third kappa shape index (κ3) is 2.08. The van der Waals surface area contributed by atoms with Gasteiger partial charge in [-0.25, -0.2) is 0 Å². The van der Waals surface area contributed by atoms with E-state index >= 15 is 0 Å². The van der Waals surface area contributed by atoms with E-state index in [-0.39, 0.29) is 11.9 Å². The molecule has 0 unspecified atom stereocenters. The molecular formula is C10H14BrN3O. The summed E-state index contributed by atoms with van der Waals surface area (Å²) in [6.07, 6.45) is 2.78. The molecular weight excluding hydrogens is 258 g/mol. The second kappa shape index (κ2) is 3.98. The fourth-order valence-corrected chi connectivity index (χ4v) is 2.39. The van der Waals surface area contributed by atoms with E-state index in [2.05, 4.69) is 15.9 Å². The number of hydrogen-bond acceptors (Lipinski definition) is 2. The monoisotopic (exact) mass is 271 g/mol. The first-order valence-corrected chi connectivity index (χ1v) is 5.74. The van der Waals surface area contributed by atoms with Gasteiger partial charge in [0, 0.05) is 36.8 Å². The molecule has 0 aliphatic carbocycles. The van der Waals surface area contributed by atoms with E-state index in [1.165, 1.54) is 0 Å². The quantitative estimate of drug-likeness (QED) is 0.828. The SMILES string of the molecule is Cn1cc(Br)cc1C(=O)N1CC[C@@H](N)C1. The zero-order chi connectivity index (χ0) is 11.0. The van der Waals surface area contributed by atoms with Crippen molar-refractivity contribution in [3.63, 3.8) is 0 Å². The standard InChI is InChI=1S/C10H14BrN3O/c1-13-5-7(11)4-9(13)10(15)14-3-2-8(12)6-14/h4-5,8H,2-3,6,12H2,1H3/t8-/m1/s1. The Bertz CT molecular complexity index is 388. The number of aromatic nitrogens is 1. The summed E-state index contributed by atoms with van der Waals surface area (Å²) in [5.41, 5.74) is 6.48. The molecule has 0 spiro atoms. The minimum Gasteiger partial charge on any atom is -0.345 e. The fraction of sp³-hybridized carbons (Fsp3) is 0.500. The molecule has 1 aliphatic rings. The van der Waals surface area contributed by atoms with E-state index in [1.54, 1.807) is 0 Å². The lowest BCUT2D eigenvalue weighted by atomic mass is 10.3. The van der Waals surface area contributed by atoms with Crippen LogP contribution < -0.4 is 5.73 Å². The zero-order valence-corrected chi connectivity index (χ0v) is 10.2. The summed E-state index contributed by atoms with van der Waals surface area (Å²) in [6, 6.07) is 1.98. The van der Waals surface area contributed by atoms with Gasteiger partial charge in [-0.1, -0.05) is 0 Å². The molecule has 82 valence electrons. The van der Waals surface area contributed by atoms with Gasteiger partial charge in [0.2, 0.25) is 0 Å². The summed E-state index contributed by atoms with van der Waals surface area (Å²) in [7, 11) is 1.87. The Hall–Kier alpha value is -0.810. The average Bonchev–Trinajstić information content (AvgIpc) is 2.71. The highest BCUT2D eigenvalue weighted by Gasteiger charge is 2.25. The molecule has 0 aromatic carbocycles. The van der Waals surface area contributed by atoms with Gasteiger partial charge < -0.3 is 15.2 Å². The molecule has 4 nitrogen and oxygen atoms in total. The van der Waals surface area contributed by atoms with Gasteiger partial charge >= 0.3 is 0 Å². The van der Waals surface area contributed by atoms with Crippen LogP contribution in [0.4, 0.5) is 0 Å². The van der Waals surface area contributed by atoms with Crippen LogP contribution >= 0.6 is 15.9 Å². The highest BCUT2D eigenvalue weighted by molar-refractivity contribution is 9.10.